The second kappa shape index (κ2) is 8.28. The van der Waals surface area contributed by atoms with Crippen molar-refractivity contribution in [1.29, 1.82) is 0 Å². The summed E-state index contributed by atoms with van der Waals surface area (Å²) in [6.07, 6.45) is 2.11. The molecule has 0 amide bonds. The molecule has 0 aromatic heterocycles. The standard InChI is InChI=1S/C16H27NO/c1-13(2)12-18-8-7-16(11-17)10-15-6-4-5-14(3)9-15/h4-6,9,13,16H,7-8,10-12,17H2,1-3H3. The molecule has 0 saturated heterocycles. The zero-order valence-electron chi connectivity index (χ0n) is 12.0. The molecular weight excluding hydrogens is 222 g/mol. The van der Waals surface area contributed by atoms with Gasteiger partial charge in [-0.1, -0.05) is 43.7 Å². The third kappa shape index (κ3) is 6.18. The summed E-state index contributed by atoms with van der Waals surface area (Å²) >= 11 is 0. The van der Waals surface area contributed by atoms with Crippen LogP contribution in [-0.4, -0.2) is 19.8 Å². The normalized spacial score (nSPS) is 12.9. The smallest absolute Gasteiger partial charge is 0.0488 e. The molecule has 0 aliphatic carbocycles. The van der Waals surface area contributed by atoms with Gasteiger partial charge in [0.2, 0.25) is 0 Å². The maximum Gasteiger partial charge on any atom is 0.0488 e. The molecule has 102 valence electrons. The SMILES string of the molecule is Cc1cccc(CC(CN)CCOCC(C)C)c1. The summed E-state index contributed by atoms with van der Waals surface area (Å²) in [6, 6.07) is 8.68. The number of aryl methyl sites for hydroxylation is 1. The lowest BCUT2D eigenvalue weighted by Gasteiger charge is -2.15. The zero-order valence-corrected chi connectivity index (χ0v) is 12.0. The first-order chi connectivity index (χ1) is 8.61. The minimum atomic E-state index is 0.527. The fraction of sp³-hybridized carbons (Fsp3) is 0.625. The lowest BCUT2D eigenvalue weighted by Crippen LogP contribution is -2.19. The molecule has 0 saturated carbocycles. The highest BCUT2D eigenvalue weighted by molar-refractivity contribution is 5.22. The Morgan fingerprint density at radius 2 is 2.06 bits per heavy atom. The molecule has 2 N–H and O–H groups in total. The van der Waals surface area contributed by atoms with Crippen molar-refractivity contribution in [3.63, 3.8) is 0 Å². The van der Waals surface area contributed by atoms with Crippen molar-refractivity contribution in [1.82, 2.24) is 0 Å². The van der Waals surface area contributed by atoms with Crippen molar-refractivity contribution in [2.75, 3.05) is 19.8 Å². The molecule has 0 heterocycles. The fourth-order valence-corrected chi connectivity index (χ4v) is 2.04. The van der Waals surface area contributed by atoms with E-state index in [9.17, 15) is 0 Å². The maximum absolute atomic E-state index is 5.85. The molecular formula is C16H27NO. The van der Waals surface area contributed by atoms with Gasteiger partial charge in [0, 0.05) is 13.2 Å². The minimum absolute atomic E-state index is 0.527. The number of benzene rings is 1. The van der Waals surface area contributed by atoms with E-state index in [1.54, 1.807) is 0 Å². The van der Waals surface area contributed by atoms with Crippen LogP contribution >= 0.6 is 0 Å². The molecule has 0 spiro atoms. The Morgan fingerprint density at radius 1 is 1.28 bits per heavy atom. The molecule has 0 aliphatic heterocycles. The number of ether oxygens (including phenoxy) is 1. The van der Waals surface area contributed by atoms with Gasteiger partial charge in [-0.15, -0.1) is 0 Å². The molecule has 18 heavy (non-hydrogen) atoms. The molecule has 1 unspecified atom stereocenters. The minimum Gasteiger partial charge on any atom is -0.381 e. The van der Waals surface area contributed by atoms with Crippen LogP contribution in [0.15, 0.2) is 24.3 Å². The Balaban J connectivity index is 2.33. The van der Waals surface area contributed by atoms with Gasteiger partial charge >= 0.3 is 0 Å². The first-order valence-electron chi connectivity index (χ1n) is 6.95. The first kappa shape index (κ1) is 15.2. The van der Waals surface area contributed by atoms with Gasteiger partial charge in [0.05, 0.1) is 0 Å². The first-order valence-corrected chi connectivity index (χ1v) is 6.95. The molecule has 0 fully saturated rings. The van der Waals surface area contributed by atoms with Gasteiger partial charge in [0.15, 0.2) is 0 Å². The van der Waals surface area contributed by atoms with Crippen LogP contribution in [0.3, 0.4) is 0 Å². The number of nitrogens with two attached hydrogens (primary N) is 1. The predicted molar refractivity (Wildman–Crippen MR) is 77.7 cm³/mol. The maximum atomic E-state index is 5.85. The summed E-state index contributed by atoms with van der Waals surface area (Å²) in [5.74, 6) is 1.14. The summed E-state index contributed by atoms with van der Waals surface area (Å²) in [4.78, 5) is 0. The van der Waals surface area contributed by atoms with E-state index < -0.39 is 0 Å². The average molecular weight is 249 g/mol. The Morgan fingerprint density at radius 3 is 2.67 bits per heavy atom. The van der Waals surface area contributed by atoms with Crippen molar-refractivity contribution < 1.29 is 4.74 Å². The van der Waals surface area contributed by atoms with Crippen LogP contribution in [0.5, 0.6) is 0 Å². The molecule has 0 radical (unpaired) electrons. The van der Waals surface area contributed by atoms with Gasteiger partial charge in [-0.05, 0) is 43.7 Å². The van der Waals surface area contributed by atoms with E-state index in [0.717, 1.165) is 32.6 Å². The molecule has 1 aromatic carbocycles. The predicted octanol–water partition coefficient (Wildman–Crippen LogP) is 3.18. The van der Waals surface area contributed by atoms with Crippen LogP contribution in [0, 0.1) is 18.8 Å². The van der Waals surface area contributed by atoms with Gasteiger partial charge in [-0.3, -0.25) is 0 Å². The average Bonchev–Trinajstić information content (AvgIpc) is 2.33. The van der Waals surface area contributed by atoms with Gasteiger partial charge in [0.1, 0.15) is 0 Å². The summed E-state index contributed by atoms with van der Waals surface area (Å²) in [5, 5.41) is 0. The van der Waals surface area contributed by atoms with Crippen molar-refractivity contribution in [2.45, 2.75) is 33.6 Å². The van der Waals surface area contributed by atoms with E-state index in [4.69, 9.17) is 10.5 Å². The molecule has 1 atom stereocenters. The van der Waals surface area contributed by atoms with Crippen LogP contribution in [0.4, 0.5) is 0 Å². The van der Waals surface area contributed by atoms with Crippen LogP contribution < -0.4 is 5.73 Å². The molecule has 2 heteroatoms. The lowest BCUT2D eigenvalue weighted by molar-refractivity contribution is 0.0984. The highest BCUT2D eigenvalue weighted by Gasteiger charge is 2.08. The van der Waals surface area contributed by atoms with Crippen molar-refractivity contribution in [3.05, 3.63) is 35.4 Å². The summed E-state index contributed by atoms with van der Waals surface area (Å²) in [7, 11) is 0. The van der Waals surface area contributed by atoms with Crippen LogP contribution in [0.1, 0.15) is 31.4 Å². The van der Waals surface area contributed by atoms with E-state index >= 15 is 0 Å². The lowest BCUT2D eigenvalue weighted by atomic mass is 9.96. The third-order valence-corrected chi connectivity index (χ3v) is 3.06. The Hall–Kier alpha value is -0.860. The third-order valence-electron chi connectivity index (χ3n) is 3.06. The van der Waals surface area contributed by atoms with Crippen molar-refractivity contribution >= 4 is 0 Å². The second-order valence-corrected chi connectivity index (χ2v) is 5.55. The molecule has 2 nitrogen and oxygen atoms in total. The largest absolute Gasteiger partial charge is 0.381 e. The number of hydrogen-bond donors (Lipinski definition) is 1. The van der Waals surface area contributed by atoms with Gasteiger partial charge in [-0.2, -0.15) is 0 Å². The van der Waals surface area contributed by atoms with Gasteiger partial charge in [0.25, 0.3) is 0 Å². The van der Waals surface area contributed by atoms with Crippen LogP contribution in [0.25, 0.3) is 0 Å². The second-order valence-electron chi connectivity index (χ2n) is 5.55. The number of rotatable bonds is 8. The quantitative estimate of drug-likeness (QED) is 0.718. The highest BCUT2D eigenvalue weighted by Crippen LogP contribution is 2.13. The van der Waals surface area contributed by atoms with E-state index in [-0.39, 0.29) is 0 Å². The monoisotopic (exact) mass is 249 g/mol. The molecule has 0 bridgehead atoms. The molecule has 1 rings (SSSR count). The summed E-state index contributed by atoms with van der Waals surface area (Å²) in [5.41, 5.74) is 8.55. The van der Waals surface area contributed by atoms with Crippen LogP contribution in [-0.2, 0) is 11.2 Å². The van der Waals surface area contributed by atoms with Crippen molar-refractivity contribution in [3.8, 4) is 0 Å². The van der Waals surface area contributed by atoms with Gasteiger partial charge in [-0.25, -0.2) is 0 Å². The Bertz CT molecular complexity index is 336. The van der Waals surface area contributed by atoms with E-state index in [1.165, 1.54) is 11.1 Å². The molecule has 1 aromatic rings. The van der Waals surface area contributed by atoms with Gasteiger partial charge < -0.3 is 10.5 Å². The highest BCUT2D eigenvalue weighted by atomic mass is 16.5. The fourth-order valence-electron chi connectivity index (χ4n) is 2.04. The van der Waals surface area contributed by atoms with Crippen molar-refractivity contribution in [2.24, 2.45) is 17.6 Å². The van der Waals surface area contributed by atoms with E-state index in [0.29, 0.717) is 11.8 Å². The van der Waals surface area contributed by atoms with Crippen LogP contribution in [0.2, 0.25) is 0 Å². The summed E-state index contributed by atoms with van der Waals surface area (Å²) < 4.78 is 5.63. The van der Waals surface area contributed by atoms with E-state index in [1.807, 2.05) is 0 Å². The zero-order chi connectivity index (χ0) is 13.4. The Kier molecular flexibility index (Phi) is 6.99. The number of hydrogen-bond acceptors (Lipinski definition) is 2. The summed E-state index contributed by atoms with van der Waals surface area (Å²) in [6.45, 7) is 8.89. The molecule has 0 aliphatic rings. The Labute approximate surface area is 112 Å². The van der Waals surface area contributed by atoms with E-state index in [2.05, 4.69) is 45.0 Å². The topological polar surface area (TPSA) is 35.2 Å².